The van der Waals surface area contributed by atoms with Gasteiger partial charge in [-0.25, -0.2) is 13.8 Å². The molecule has 2 heterocycles. The standard InChI is InChI=1S/C18H23F2N5/c1-24(2)18-21-9-8-17(23-18)22-13-5-4-10-25(11-13)12-14-15(19)6-3-7-16(14)20/h3,6-9,13H,4-5,10-12H2,1-2H3,(H,21,22,23). The first-order chi connectivity index (χ1) is 12.0. The molecule has 134 valence electrons. The van der Waals surface area contributed by atoms with Crippen LogP contribution >= 0.6 is 0 Å². The number of likely N-dealkylation sites (tertiary alicyclic amines) is 1. The number of halogens is 2. The van der Waals surface area contributed by atoms with E-state index in [1.165, 1.54) is 18.2 Å². The van der Waals surface area contributed by atoms with Crippen LogP contribution in [0.25, 0.3) is 0 Å². The van der Waals surface area contributed by atoms with Crippen LogP contribution in [0.1, 0.15) is 18.4 Å². The van der Waals surface area contributed by atoms with E-state index in [2.05, 4.69) is 20.2 Å². The van der Waals surface area contributed by atoms with E-state index in [-0.39, 0.29) is 18.2 Å². The minimum absolute atomic E-state index is 0.139. The molecule has 25 heavy (non-hydrogen) atoms. The Morgan fingerprint density at radius 3 is 2.72 bits per heavy atom. The number of rotatable bonds is 5. The zero-order valence-electron chi connectivity index (χ0n) is 14.5. The van der Waals surface area contributed by atoms with Crippen molar-refractivity contribution in [3.8, 4) is 0 Å². The number of aromatic nitrogens is 2. The van der Waals surface area contributed by atoms with Gasteiger partial charge in [0, 0.05) is 45.0 Å². The molecule has 0 saturated carbocycles. The second kappa shape index (κ2) is 7.74. The van der Waals surface area contributed by atoms with E-state index < -0.39 is 11.6 Å². The van der Waals surface area contributed by atoms with Crippen molar-refractivity contribution in [3.05, 3.63) is 47.7 Å². The molecule has 3 rings (SSSR count). The smallest absolute Gasteiger partial charge is 0.226 e. The van der Waals surface area contributed by atoms with Crippen LogP contribution in [0.2, 0.25) is 0 Å². The van der Waals surface area contributed by atoms with E-state index in [4.69, 9.17) is 0 Å². The zero-order chi connectivity index (χ0) is 17.8. The van der Waals surface area contributed by atoms with Crippen LogP contribution in [-0.2, 0) is 6.54 Å². The maximum Gasteiger partial charge on any atom is 0.226 e. The molecular weight excluding hydrogens is 324 g/mol. The highest BCUT2D eigenvalue weighted by atomic mass is 19.1. The van der Waals surface area contributed by atoms with E-state index in [1.54, 1.807) is 6.20 Å². The van der Waals surface area contributed by atoms with Crippen LogP contribution in [0.3, 0.4) is 0 Å². The Hall–Kier alpha value is -2.28. The number of nitrogens with zero attached hydrogens (tertiary/aromatic N) is 4. The molecule has 0 radical (unpaired) electrons. The summed E-state index contributed by atoms with van der Waals surface area (Å²) in [6, 6.07) is 6.03. The quantitative estimate of drug-likeness (QED) is 0.901. The van der Waals surface area contributed by atoms with E-state index >= 15 is 0 Å². The molecule has 1 aliphatic rings. The van der Waals surface area contributed by atoms with Crippen molar-refractivity contribution in [1.82, 2.24) is 14.9 Å². The highest BCUT2D eigenvalue weighted by Gasteiger charge is 2.22. The Bertz CT molecular complexity index is 702. The zero-order valence-corrected chi connectivity index (χ0v) is 14.5. The third-order valence-corrected chi connectivity index (χ3v) is 4.34. The number of benzene rings is 1. The summed E-state index contributed by atoms with van der Waals surface area (Å²) in [4.78, 5) is 12.6. The number of piperidine rings is 1. The average molecular weight is 347 g/mol. The van der Waals surface area contributed by atoms with Gasteiger partial charge in [0.25, 0.3) is 0 Å². The topological polar surface area (TPSA) is 44.3 Å². The van der Waals surface area contributed by atoms with Crippen molar-refractivity contribution in [2.75, 3.05) is 37.4 Å². The van der Waals surface area contributed by atoms with E-state index in [0.717, 1.165) is 31.7 Å². The first kappa shape index (κ1) is 17.5. The third-order valence-electron chi connectivity index (χ3n) is 4.34. The van der Waals surface area contributed by atoms with Gasteiger partial charge in [0.15, 0.2) is 0 Å². The predicted octanol–water partition coefficient (Wildman–Crippen LogP) is 2.90. The molecule has 1 saturated heterocycles. The van der Waals surface area contributed by atoms with E-state index in [1.807, 2.05) is 25.1 Å². The van der Waals surface area contributed by atoms with Gasteiger partial charge in [-0.05, 0) is 37.6 Å². The van der Waals surface area contributed by atoms with Crippen LogP contribution in [-0.4, -0.2) is 48.1 Å². The maximum absolute atomic E-state index is 13.9. The first-order valence-electron chi connectivity index (χ1n) is 8.45. The van der Waals surface area contributed by atoms with Crippen molar-refractivity contribution >= 4 is 11.8 Å². The van der Waals surface area contributed by atoms with Crippen molar-refractivity contribution in [1.29, 1.82) is 0 Å². The lowest BCUT2D eigenvalue weighted by Gasteiger charge is -2.33. The molecule has 0 amide bonds. The van der Waals surface area contributed by atoms with E-state index in [0.29, 0.717) is 5.95 Å². The van der Waals surface area contributed by atoms with Crippen molar-refractivity contribution in [2.45, 2.75) is 25.4 Å². The van der Waals surface area contributed by atoms with Gasteiger partial charge >= 0.3 is 0 Å². The lowest BCUT2D eigenvalue weighted by molar-refractivity contribution is 0.203. The van der Waals surface area contributed by atoms with Crippen molar-refractivity contribution < 1.29 is 8.78 Å². The molecule has 1 aromatic carbocycles. The molecule has 0 aliphatic carbocycles. The number of hydrogen-bond acceptors (Lipinski definition) is 5. The normalized spacial score (nSPS) is 18.2. The maximum atomic E-state index is 13.9. The van der Waals surface area contributed by atoms with E-state index in [9.17, 15) is 8.78 Å². The highest BCUT2D eigenvalue weighted by Crippen LogP contribution is 2.20. The lowest BCUT2D eigenvalue weighted by Crippen LogP contribution is -2.42. The second-order valence-electron chi connectivity index (χ2n) is 6.56. The Morgan fingerprint density at radius 2 is 2.00 bits per heavy atom. The van der Waals surface area contributed by atoms with Gasteiger partial charge in [0.2, 0.25) is 5.95 Å². The van der Waals surface area contributed by atoms with Gasteiger partial charge in [-0.3, -0.25) is 4.90 Å². The Labute approximate surface area is 146 Å². The minimum Gasteiger partial charge on any atom is -0.366 e. The molecule has 5 nitrogen and oxygen atoms in total. The number of nitrogens with one attached hydrogen (secondary N) is 1. The summed E-state index contributed by atoms with van der Waals surface area (Å²) in [6.07, 6.45) is 3.69. The minimum atomic E-state index is -0.485. The van der Waals surface area contributed by atoms with Gasteiger partial charge < -0.3 is 10.2 Å². The monoisotopic (exact) mass is 347 g/mol. The molecule has 7 heteroatoms. The van der Waals surface area contributed by atoms with Crippen LogP contribution in [0.4, 0.5) is 20.5 Å². The third kappa shape index (κ3) is 4.42. The largest absolute Gasteiger partial charge is 0.366 e. The molecule has 0 bridgehead atoms. The molecule has 2 aromatic rings. The summed E-state index contributed by atoms with van der Waals surface area (Å²) in [5.41, 5.74) is 0.139. The summed E-state index contributed by atoms with van der Waals surface area (Å²) in [5, 5.41) is 3.41. The lowest BCUT2D eigenvalue weighted by atomic mass is 10.0. The Kier molecular flexibility index (Phi) is 5.43. The number of hydrogen-bond donors (Lipinski definition) is 1. The van der Waals surface area contributed by atoms with Gasteiger partial charge in [-0.1, -0.05) is 6.07 Å². The summed E-state index contributed by atoms with van der Waals surface area (Å²) >= 11 is 0. The summed E-state index contributed by atoms with van der Waals surface area (Å²) in [7, 11) is 3.79. The van der Waals surface area contributed by atoms with Crippen LogP contribution < -0.4 is 10.2 Å². The van der Waals surface area contributed by atoms with Gasteiger partial charge in [0.1, 0.15) is 17.5 Å². The molecule has 1 fully saturated rings. The molecule has 1 N–H and O–H groups in total. The SMILES string of the molecule is CN(C)c1nccc(NC2CCCN(Cc3c(F)cccc3F)C2)n1. The highest BCUT2D eigenvalue weighted by molar-refractivity contribution is 5.41. The Balaban J connectivity index is 1.64. The van der Waals surface area contributed by atoms with Gasteiger partial charge in [-0.15, -0.1) is 0 Å². The second-order valence-corrected chi connectivity index (χ2v) is 6.56. The fraction of sp³-hybridized carbons (Fsp3) is 0.444. The first-order valence-corrected chi connectivity index (χ1v) is 8.45. The van der Waals surface area contributed by atoms with Crippen LogP contribution in [0, 0.1) is 11.6 Å². The Morgan fingerprint density at radius 1 is 1.24 bits per heavy atom. The fourth-order valence-corrected chi connectivity index (χ4v) is 3.08. The fourth-order valence-electron chi connectivity index (χ4n) is 3.08. The summed E-state index contributed by atoms with van der Waals surface area (Å²) in [5.74, 6) is 0.441. The van der Waals surface area contributed by atoms with Crippen LogP contribution in [0.5, 0.6) is 0 Å². The molecule has 1 aliphatic heterocycles. The summed E-state index contributed by atoms with van der Waals surface area (Å²) < 4.78 is 27.7. The van der Waals surface area contributed by atoms with Crippen LogP contribution in [0.15, 0.2) is 30.5 Å². The molecule has 1 aromatic heterocycles. The summed E-state index contributed by atoms with van der Waals surface area (Å²) in [6.45, 7) is 1.83. The molecule has 0 spiro atoms. The van der Waals surface area contributed by atoms with Gasteiger partial charge in [-0.2, -0.15) is 4.98 Å². The van der Waals surface area contributed by atoms with Gasteiger partial charge in [0.05, 0.1) is 0 Å². The molecule has 1 unspecified atom stereocenters. The van der Waals surface area contributed by atoms with Crippen molar-refractivity contribution in [3.63, 3.8) is 0 Å². The average Bonchev–Trinajstić information content (AvgIpc) is 2.59. The molecular formula is C18H23F2N5. The predicted molar refractivity (Wildman–Crippen MR) is 94.6 cm³/mol. The molecule has 1 atom stereocenters. The van der Waals surface area contributed by atoms with Crippen molar-refractivity contribution in [2.24, 2.45) is 0 Å². The number of anilines is 2.